The molecule has 0 atom stereocenters. The molecule has 0 aliphatic heterocycles. The summed E-state index contributed by atoms with van der Waals surface area (Å²) in [4.78, 5) is 0. The second kappa shape index (κ2) is 3.77. The van der Waals surface area contributed by atoms with Crippen molar-refractivity contribution in [3.05, 3.63) is 47.0 Å². The molecule has 0 saturated carbocycles. The topological polar surface area (TPSA) is 35.0 Å². The third-order valence-corrected chi connectivity index (χ3v) is 2.27. The van der Waals surface area contributed by atoms with E-state index in [1.165, 1.54) is 10.9 Å². The van der Waals surface area contributed by atoms with Crippen molar-refractivity contribution in [3.63, 3.8) is 0 Å². The van der Waals surface area contributed by atoms with Crippen LogP contribution in [0.4, 0.5) is 0 Å². The molecule has 2 aromatic carbocycles. The molecule has 0 heterocycles. The van der Waals surface area contributed by atoms with Crippen molar-refractivity contribution in [2.24, 2.45) is 0 Å². The van der Waals surface area contributed by atoms with E-state index in [4.69, 9.17) is 11.6 Å². The molecule has 0 aromatic heterocycles. The Kier molecular flexibility index (Phi) is 2.91. The minimum absolute atomic E-state index is 0. The number of hydrogen-bond donors (Lipinski definition) is 1. The van der Waals surface area contributed by atoms with Crippen molar-refractivity contribution < 1.29 is 0 Å². The first kappa shape index (κ1) is 10.0. The fourth-order valence-electron chi connectivity index (χ4n) is 1.40. The van der Waals surface area contributed by atoms with Crippen LogP contribution in [0.2, 0.25) is 5.02 Å². The van der Waals surface area contributed by atoms with Gasteiger partial charge in [0.2, 0.25) is 0 Å². The van der Waals surface area contributed by atoms with Gasteiger partial charge in [0.1, 0.15) is 0 Å². The summed E-state index contributed by atoms with van der Waals surface area (Å²) in [5.41, 5.74) is 1.21. The van der Waals surface area contributed by atoms with Gasteiger partial charge >= 0.3 is 0 Å². The van der Waals surface area contributed by atoms with Crippen molar-refractivity contribution >= 4 is 22.4 Å². The molecule has 3 N–H and O–H groups in total. The fraction of sp³-hybridized carbons (Fsp3) is 0.0909. The summed E-state index contributed by atoms with van der Waals surface area (Å²) in [5, 5.41) is 3.18. The van der Waals surface area contributed by atoms with E-state index in [0.29, 0.717) is 0 Å². The van der Waals surface area contributed by atoms with Crippen LogP contribution in [0.15, 0.2) is 36.4 Å². The van der Waals surface area contributed by atoms with Crippen LogP contribution in [0.1, 0.15) is 5.56 Å². The Hall–Kier alpha value is -1.05. The molecule has 0 amide bonds. The van der Waals surface area contributed by atoms with Crippen LogP contribution in [0.5, 0.6) is 0 Å². The summed E-state index contributed by atoms with van der Waals surface area (Å²) in [6.45, 7) is 2.05. The second-order valence-corrected chi connectivity index (χ2v) is 3.38. The SMILES string of the molecule is Cc1cc(Cl)c2ccccc2c1.N. The number of rotatable bonds is 0. The maximum Gasteiger partial charge on any atom is 0.0487 e. The van der Waals surface area contributed by atoms with Crippen molar-refractivity contribution in [2.45, 2.75) is 6.92 Å². The predicted octanol–water partition coefficient (Wildman–Crippen LogP) is 3.96. The summed E-state index contributed by atoms with van der Waals surface area (Å²) in [6, 6.07) is 12.3. The van der Waals surface area contributed by atoms with E-state index in [9.17, 15) is 0 Å². The lowest BCUT2D eigenvalue weighted by Crippen LogP contribution is -1.76. The Morgan fingerprint density at radius 3 is 2.54 bits per heavy atom. The summed E-state index contributed by atoms with van der Waals surface area (Å²) >= 11 is 6.06. The van der Waals surface area contributed by atoms with Crippen LogP contribution in [0, 0.1) is 6.92 Å². The normalized spacial score (nSPS) is 9.69. The van der Waals surface area contributed by atoms with Gasteiger partial charge in [-0.2, -0.15) is 0 Å². The first-order valence-electron chi connectivity index (χ1n) is 3.92. The largest absolute Gasteiger partial charge is 0.344 e. The van der Waals surface area contributed by atoms with Gasteiger partial charge in [0.25, 0.3) is 0 Å². The van der Waals surface area contributed by atoms with E-state index in [0.717, 1.165) is 10.4 Å². The first-order valence-corrected chi connectivity index (χ1v) is 4.30. The molecular formula is C11H12ClN. The standard InChI is InChI=1S/C11H9Cl.H3N/c1-8-6-9-4-2-3-5-10(9)11(12)7-8;/h2-7H,1H3;1H3. The fourth-order valence-corrected chi connectivity index (χ4v) is 1.75. The third kappa shape index (κ3) is 1.82. The summed E-state index contributed by atoms with van der Waals surface area (Å²) < 4.78 is 0. The Morgan fingerprint density at radius 2 is 1.77 bits per heavy atom. The number of fused-ring (bicyclic) bond motifs is 1. The van der Waals surface area contributed by atoms with E-state index >= 15 is 0 Å². The number of hydrogen-bond acceptors (Lipinski definition) is 1. The Morgan fingerprint density at radius 1 is 1.08 bits per heavy atom. The Bertz CT molecular complexity index is 423. The summed E-state index contributed by atoms with van der Waals surface area (Å²) in [7, 11) is 0. The molecule has 2 heteroatoms. The average Bonchev–Trinajstić information content (AvgIpc) is 2.04. The molecule has 0 radical (unpaired) electrons. The summed E-state index contributed by atoms with van der Waals surface area (Å²) in [6.07, 6.45) is 0. The van der Waals surface area contributed by atoms with Gasteiger partial charge in [-0.15, -0.1) is 0 Å². The van der Waals surface area contributed by atoms with Gasteiger partial charge in [0.05, 0.1) is 0 Å². The van der Waals surface area contributed by atoms with Crippen molar-refractivity contribution in [1.29, 1.82) is 0 Å². The van der Waals surface area contributed by atoms with Gasteiger partial charge < -0.3 is 6.15 Å². The van der Waals surface area contributed by atoms with Crippen LogP contribution in [0.3, 0.4) is 0 Å². The zero-order chi connectivity index (χ0) is 8.55. The molecule has 13 heavy (non-hydrogen) atoms. The zero-order valence-corrected chi connectivity index (χ0v) is 8.31. The van der Waals surface area contributed by atoms with Gasteiger partial charge in [0, 0.05) is 10.4 Å². The van der Waals surface area contributed by atoms with E-state index in [-0.39, 0.29) is 6.15 Å². The third-order valence-electron chi connectivity index (χ3n) is 1.96. The summed E-state index contributed by atoms with van der Waals surface area (Å²) in [5.74, 6) is 0. The molecule has 0 saturated heterocycles. The number of aryl methyl sites for hydroxylation is 1. The smallest absolute Gasteiger partial charge is 0.0487 e. The highest BCUT2D eigenvalue weighted by atomic mass is 35.5. The van der Waals surface area contributed by atoms with Crippen molar-refractivity contribution in [2.75, 3.05) is 0 Å². The first-order chi connectivity index (χ1) is 5.77. The van der Waals surface area contributed by atoms with Crippen LogP contribution >= 0.6 is 11.6 Å². The van der Waals surface area contributed by atoms with E-state index in [1.54, 1.807) is 0 Å². The number of benzene rings is 2. The minimum atomic E-state index is 0. The lowest BCUT2D eigenvalue weighted by Gasteiger charge is -2.01. The average molecular weight is 194 g/mol. The molecule has 0 aliphatic carbocycles. The molecule has 0 bridgehead atoms. The number of halogens is 1. The lowest BCUT2D eigenvalue weighted by atomic mass is 10.1. The molecule has 0 aliphatic rings. The quantitative estimate of drug-likeness (QED) is 0.675. The highest BCUT2D eigenvalue weighted by Crippen LogP contribution is 2.24. The van der Waals surface area contributed by atoms with E-state index in [2.05, 4.69) is 19.1 Å². The van der Waals surface area contributed by atoms with Gasteiger partial charge in [0.15, 0.2) is 0 Å². The van der Waals surface area contributed by atoms with E-state index in [1.807, 2.05) is 24.3 Å². The van der Waals surface area contributed by atoms with Gasteiger partial charge in [-0.05, 0) is 23.9 Å². The molecule has 2 aromatic rings. The molecule has 0 spiro atoms. The monoisotopic (exact) mass is 193 g/mol. The highest BCUT2D eigenvalue weighted by molar-refractivity contribution is 6.35. The molecule has 68 valence electrons. The maximum atomic E-state index is 6.06. The van der Waals surface area contributed by atoms with Crippen molar-refractivity contribution in [3.8, 4) is 0 Å². The predicted molar refractivity (Wildman–Crippen MR) is 58.7 cm³/mol. The molecule has 1 nitrogen and oxygen atoms in total. The maximum absolute atomic E-state index is 6.06. The minimum Gasteiger partial charge on any atom is -0.344 e. The molecule has 0 unspecified atom stereocenters. The Labute approximate surface area is 82.9 Å². The Balaban J connectivity index is 0.000000845. The molecule has 2 rings (SSSR count). The van der Waals surface area contributed by atoms with Crippen LogP contribution in [-0.2, 0) is 0 Å². The zero-order valence-electron chi connectivity index (χ0n) is 7.55. The van der Waals surface area contributed by atoms with Gasteiger partial charge in [-0.3, -0.25) is 0 Å². The lowest BCUT2D eigenvalue weighted by molar-refractivity contribution is 1.51. The molecular weight excluding hydrogens is 182 g/mol. The highest BCUT2D eigenvalue weighted by Gasteiger charge is 1.97. The van der Waals surface area contributed by atoms with Crippen LogP contribution in [0.25, 0.3) is 10.8 Å². The van der Waals surface area contributed by atoms with Crippen LogP contribution < -0.4 is 6.15 Å². The van der Waals surface area contributed by atoms with Crippen molar-refractivity contribution in [1.82, 2.24) is 6.15 Å². The van der Waals surface area contributed by atoms with Gasteiger partial charge in [-0.1, -0.05) is 41.9 Å². The van der Waals surface area contributed by atoms with Crippen LogP contribution in [-0.4, -0.2) is 0 Å². The van der Waals surface area contributed by atoms with E-state index < -0.39 is 0 Å². The molecule has 0 fully saturated rings. The second-order valence-electron chi connectivity index (χ2n) is 2.97. The van der Waals surface area contributed by atoms with Gasteiger partial charge in [-0.25, -0.2) is 0 Å².